The van der Waals surface area contributed by atoms with Crippen molar-refractivity contribution in [3.8, 4) is 0 Å². The quantitative estimate of drug-likeness (QED) is 0.577. The van der Waals surface area contributed by atoms with Gasteiger partial charge in [-0.3, -0.25) is 0 Å². The van der Waals surface area contributed by atoms with Gasteiger partial charge in [0, 0.05) is 0 Å². The lowest BCUT2D eigenvalue weighted by molar-refractivity contribution is 0.799. The van der Waals surface area contributed by atoms with Crippen LogP contribution in [0.25, 0.3) is 21.0 Å². The first-order valence-corrected chi connectivity index (χ1v) is 7.38. The number of hydrogen-bond acceptors (Lipinski definition) is 0. The second-order valence-corrected chi connectivity index (χ2v) is 5.94. The second kappa shape index (κ2) is 4.55. The first-order valence-electron chi connectivity index (χ1n) is 6.38. The fraction of sp³-hybridized carbons (Fsp3) is 0.250. The Morgan fingerprint density at radius 3 is 2.65 bits per heavy atom. The number of unbranched alkanes of at least 4 members (excludes halogenated alkanes) is 1. The average Bonchev–Trinajstić information content (AvgIpc) is 2.75. The summed E-state index contributed by atoms with van der Waals surface area (Å²) in [6, 6.07) is 15.7. The van der Waals surface area contributed by atoms with Gasteiger partial charge in [0.05, 0.1) is 0 Å². The van der Waals surface area contributed by atoms with Crippen LogP contribution in [0.15, 0.2) is 42.5 Å². The van der Waals surface area contributed by atoms with Crippen molar-refractivity contribution in [3.63, 3.8) is 0 Å². The molecule has 1 heterocycles. The van der Waals surface area contributed by atoms with Gasteiger partial charge in [-0.25, -0.2) is 0 Å². The van der Waals surface area contributed by atoms with Gasteiger partial charge in [0.2, 0.25) is 0 Å². The average molecular weight is 240 g/mol. The summed E-state index contributed by atoms with van der Waals surface area (Å²) >= 11 is 0. The Kier molecular flexibility index (Phi) is 2.91. The van der Waals surface area contributed by atoms with Crippen molar-refractivity contribution in [3.05, 3.63) is 48.0 Å². The third-order valence-corrected chi connectivity index (χ3v) is 4.81. The molecule has 0 radical (unpaired) electrons. The molecule has 1 unspecified atom stereocenters. The van der Waals surface area contributed by atoms with E-state index in [1.54, 1.807) is 10.7 Å². The Bertz CT molecular complexity index is 649. The zero-order valence-electron chi connectivity index (χ0n) is 10.2. The minimum atomic E-state index is 0.852. The number of aryl methyl sites for hydroxylation is 1. The summed E-state index contributed by atoms with van der Waals surface area (Å²) in [4.78, 5) is 0. The monoisotopic (exact) mass is 240 g/mol. The summed E-state index contributed by atoms with van der Waals surface area (Å²) in [6.07, 6.45) is 3.79. The zero-order chi connectivity index (χ0) is 11.7. The fourth-order valence-corrected chi connectivity index (χ4v) is 3.97. The summed E-state index contributed by atoms with van der Waals surface area (Å²) in [5, 5.41) is 6.08. The third-order valence-electron chi connectivity index (χ3n) is 3.42. The van der Waals surface area contributed by atoms with Crippen LogP contribution in [0.3, 0.4) is 0 Å². The minimum absolute atomic E-state index is 0.852. The van der Waals surface area contributed by atoms with Gasteiger partial charge in [0.25, 0.3) is 0 Å². The highest BCUT2D eigenvalue weighted by Gasteiger charge is 2.06. The highest BCUT2D eigenvalue weighted by molar-refractivity contribution is 7.43. The number of rotatable bonds is 3. The van der Waals surface area contributed by atoms with Crippen molar-refractivity contribution in [2.75, 3.05) is 0 Å². The molecule has 0 spiro atoms. The van der Waals surface area contributed by atoms with E-state index >= 15 is 0 Å². The molecule has 0 aliphatic heterocycles. The highest BCUT2D eigenvalue weighted by Crippen LogP contribution is 2.39. The molecule has 2 aromatic carbocycles. The lowest BCUT2D eigenvalue weighted by Gasteiger charge is -2.03. The highest BCUT2D eigenvalue weighted by atomic mass is 31.0. The Labute approximate surface area is 104 Å². The number of fused-ring (bicyclic) bond motifs is 3. The maximum Gasteiger partial charge on any atom is -0.000327 e. The van der Waals surface area contributed by atoms with Crippen molar-refractivity contribution in [1.29, 1.82) is 0 Å². The Morgan fingerprint density at radius 1 is 0.941 bits per heavy atom. The molecule has 0 bridgehead atoms. The maximum absolute atomic E-state index is 2.31. The molecule has 0 N–H and O–H groups in total. The molecular formula is C16H17P. The molecule has 0 saturated carbocycles. The van der Waals surface area contributed by atoms with E-state index in [2.05, 4.69) is 49.4 Å². The number of hydrogen-bond donors (Lipinski definition) is 0. The summed E-state index contributed by atoms with van der Waals surface area (Å²) < 4.78 is 0. The molecule has 0 saturated heterocycles. The molecule has 1 aromatic heterocycles. The van der Waals surface area contributed by atoms with Crippen LogP contribution >= 0.6 is 8.19 Å². The van der Waals surface area contributed by atoms with E-state index in [4.69, 9.17) is 0 Å². The molecular weight excluding hydrogens is 223 g/mol. The predicted molar refractivity (Wildman–Crippen MR) is 79.6 cm³/mol. The molecule has 0 amide bonds. The molecule has 0 aliphatic carbocycles. The van der Waals surface area contributed by atoms with Gasteiger partial charge in [0.1, 0.15) is 0 Å². The third kappa shape index (κ3) is 1.87. The van der Waals surface area contributed by atoms with Gasteiger partial charge in [-0.2, -0.15) is 0 Å². The Morgan fingerprint density at radius 2 is 1.76 bits per heavy atom. The zero-order valence-corrected chi connectivity index (χ0v) is 11.2. The largest absolute Gasteiger partial charge is 0.123 e. The molecule has 1 atom stereocenters. The summed E-state index contributed by atoms with van der Waals surface area (Å²) in [5.41, 5.74) is 1.54. The SMILES string of the molecule is CCCCc1cccc2[pH]c3ccccc3c12. The van der Waals surface area contributed by atoms with Crippen LogP contribution in [-0.4, -0.2) is 0 Å². The van der Waals surface area contributed by atoms with E-state index in [1.165, 1.54) is 35.2 Å². The van der Waals surface area contributed by atoms with E-state index < -0.39 is 0 Å². The molecule has 0 fully saturated rings. The Balaban J connectivity index is 2.28. The van der Waals surface area contributed by atoms with E-state index in [-0.39, 0.29) is 0 Å². The van der Waals surface area contributed by atoms with Crippen molar-refractivity contribution in [2.45, 2.75) is 26.2 Å². The van der Waals surface area contributed by atoms with E-state index in [9.17, 15) is 0 Å². The second-order valence-electron chi connectivity index (χ2n) is 4.61. The number of benzene rings is 2. The lowest BCUT2D eigenvalue weighted by atomic mass is 10.0. The van der Waals surface area contributed by atoms with Gasteiger partial charge in [-0.15, -0.1) is 8.19 Å². The fourth-order valence-electron chi connectivity index (χ4n) is 2.55. The van der Waals surface area contributed by atoms with Crippen LogP contribution in [-0.2, 0) is 6.42 Å². The Hall–Kier alpha value is -1.26. The minimum Gasteiger partial charge on any atom is -0.123 e. The molecule has 17 heavy (non-hydrogen) atoms. The van der Waals surface area contributed by atoms with Crippen molar-refractivity contribution in [1.82, 2.24) is 0 Å². The van der Waals surface area contributed by atoms with Crippen molar-refractivity contribution in [2.24, 2.45) is 0 Å². The predicted octanol–water partition coefficient (Wildman–Crippen LogP) is 5.37. The van der Waals surface area contributed by atoms with Crippen molar-refractivity contribution < 1.29 is 0 Å². The van der Waals surface area contributed by atoms with Gasteiger partial charge >= 0.3 is 0 Å². The van der Waals surface area contributed by atoms with Gasteiger partial charge < -0.3 is 0 Å². The normalized spacial score (nSPS) is 11.8. The van der Waals surface area contributed by atoms with Crippen LogP contribution in [0.5, 0.6) is 0 Å². The molecule has 1 heteroatoms. The van der Waals surface area contributed by atoms with E-state index in [0.29, 0.717) is 0 Å². The van der Waals surface area contributed by atoms with Crippen LogP contribution in [0.4, 0.5) is 0 Å². The van der Waals surface area contributed by atoms with Gasteiger partial charge in [-0.05, 0) is 39.4 Å². The summed E-state index contributed by atoms with van der Waals surface area (Å²) in [6.45, 7) is 2.26. The van der Waals surface area contributed by atoms with E-state index in [0.717, 1.165) is 8.19 Å². The summed E-state index contributed by atoms with van der Waals surface area (Å²) in [7, 11) is 0.852. The topological polar surface area (TPSA) is 0 Å². The van der Waals surface area contributed by atoms with Crippen LogP contribution < -0.4 is 0 Å². The van der Waals surface area contributed by atoms with Crippen LogP contribution in [0.1, 0.15) is 25.3 Å². The van der Waals surface area contributed by atoms with Crippen LogP contribution in [0.2, 0.25) is 0 Å². The van der Waals surface area contributed by atoms with E-state index in [1.807, 2.05) is 0 Å². The molecule has 3 rings (SSSR count). The first kappa shape index (κ1) is 10.9. The van der Waals surface area contributed by atoms with Gasteiger partial charge in [0.15, 0.2) is 0 Å². The lowest BCUT2D eigenvalue weighted by Crippen LogP contribution is -1.85. The van der Waals surface area contributed by atoms with Gasteiger partial charge in [-0.1, -0.05) is 55.8 Å². The standard InChI is InChI=1S/C16H17P/c1-2-3-7-12-8-6-11-15-16(12)13-9-4-5-10-14(13)17-15/h4-6,8-11,17H,2-3,7H2,1H3. The molecule has 0 nitrogen and oxygen atoms in total. The smallest absolute Gasteiger partial charge is 0.000327 e. The molecule has 86 valence electrons. The first-order chi connectivity index (χ1) is 8.40. The molecule has 3 aromatic rings. The van der Waals surface area contributed by atoms with Crippen molar-refractivity contribution >= 4 is 29.2 Å². The summed E-state index contributed by atoms with van der Waals surface area (Å²) in [5.74, 6) is 0. The maximum atomic E-state index is 2.31. The molecule has 0 aliphatic rings. The van der Waals surface area contributed by atoms with Crippen LogP contribution in [0, 0.1) is 0 Å².